The van der Waals surface area contributed by atoms with Crippen molar-refractivity contribution in [2.75, 3.05) is 33.0 Å². The highest BCUT2D eigenvalue weighted by Gasteiger charge is 2.26. The third-order valence-corrected chi connectivity index (χ3v) is 10.7. The topological polar surface area (TPSA) is 132 Å². The van der Waals surface area contributed by atoms with E-state index in [0.29, 0.717) is 6.61 Å². The fraction of sp³-hybridized carbons (Fsp3) is 0.930. The lowest BCUT2D eigenvalue weighted by molar-refractivity contribution is -0.154. The van der Waals surface area contributed by atoms with Gasteiger partial charge in [0.15, 0.2) is 0 Å². The molecule has 3 atom stereocenters. The number of allylic oxidation sites excluding steroid dienone is 2. The summed E-state index contributed by atoms with van der Waals surface area (Å²) < 4.78 is 33.4. The number of hydrogen-bond acceptors (Lipinski definition) is 8. The highest BCUT2D eigenvalue weighted by molar-refractivity contribution is 7.47. The van der Waals surface area contributed by atoms with Crippen LogP contribution in [0.2, 0.25) is 0 Å². The second-order valence-electron chi connectivity index (χ2n) is 15.1. The first-order chi connectivity index (χ1) is 25.8. The van der Waals surface area contributed by atoms with Crippen LogP contribution in [-0.4, -0.2) is 66.3 Å². The average Bonchev–Trinajstić information content (AvgIpc) is 3.15. The molecule has 0 bridgehead atoms. The number of aliphatic hydroxyl groups excluding tert-OH is 2. The Kier molecular flexibility index (Phi) is 40.2. The summed E-state index contributed by atoms with van der Waals surface area (Å²) in [5, 5.41) is 18.3. The normalized spacial score (nSPS) is 14.1. The summed E-state index contributed by atoms with van der Waals surface area (Å²) in [5.74, 6) is -0.380. The molecule has 0 aliphatic carbocycles. The Hall–Kier alpha value is -0.800. The number of phosphoric acid groups is 1. The quantitative estimate of drug-likeness (QED) is 0.0240. The van der Waals surface area contributed by atoms with Crippen molar-refractivity contribution in [3.63, 3.8) is 0 Å². The van der Waals surface area contributed by atoms with Gasteiger partial charge in [0, 0.05) is 13.0 Å². The number of phosphoric ester groups is 1. The lowest BCUT2D eigenvalue weighted by Gasteiger charge is -2.20. The molecular formula is C43H85O9P. The molecule has 316 valence electrons. The lowest BCUT2D eigenvalue weighted by atomic mass is 10.0. The summed E-state index contributed by atoms with van der Waals surface area (Å²) >= 11 is 0. The van der Waals surface area contributed by atoms with Crippen LogP contribution < -0.4 is 0 Å². The first-order valence-electron chi connectivity index (χ1n) is 22.2. The van der Waals surface area contributed by atoms with Crippen molar-refractivity contribution in [1.82, 2.24) is 0 Å². The first-order valence-corrected chi connectivity index (χ1v) is 23.7. The maximum atomic E-state index is 12.6. The summed E-state index contributed by atoms with van der Waals surface area (Å²) in [6, 6.07) is 0. The summed E-state index contributed by atoms with van der Waals surface area (Å²) in [7, 11) is -4.51. The van der Waals surface area contributed by atoms with E-state index in [2.05, 4.69) is 26.0 Å². The molecule has 3 unspecified atom stereocenters. The van der Waals surface area contributed by atoms with Gasteiger partial charge in [0.05, 0.1) is 26.4 Å². The minimum Gasteiger partial charge on any atom is -0.457 e. The molecule has 0 heterocycles. The van der Waals surface area contributed by atoms with Crippen LogP contribution in [0.25, 0.3) is 0 Å². The van der Waals surface area contributed by atoms with Gasteiger partial charge in [-0.25, -0.2) is 4.57 Å². The van der Waals surface area contributed by atoms with Gasteiger partial charge < -0.3 is 24.6 Å². The van der Waals surface area contributed by atoms with Gasteiger partial charge in [-0.1, -0.05) is 180 Å². The van der Waals surface area contributed by atoms with E-state index in [4.69, 9.17) is 23.6 Å². The van der Waals surface area contributed by atoms with Gasteiger partial charge in [-0.05, 0) is 38.5 Å². The molecule has 3 N–H and O–H groups in total. The summed E-state index contributed by atoms with van der Waals surface area (Å²) in [6.07, 6.45) is 40.3. The molecule has 0 fully saturated rings. The zero-order valence-electron chi connectivity index (χ0n) is 34.5. The molecule has 0 radical (unpaired) electrons. The third-order valence-electron chi connectivity index (χ3n) is 9.70. The zero-order valence-corrected chi connectivity index (χ0v) is 35.4. The molecule has 0 rings (SSSR count). The fourth-order valence-corrected chi connectivity index (χ4v) is 7.08. The van der Waals surface area contributed by atoms with Crippen LogP contribution in [0.4, 0.5) is 0 Å². The number of carbonyl (C=O) groups is 1. The molecule has 0 saturated heterocycles. The summed E-state index contributed by atoms with van der Waals surface area (Å²) in [5.41, 5.74) is 0. The number of rotatable bonds is 43. The number of esters is 1. The van der Waals surface area contributed by atoms with E-state index in [9.17, 15) is 19.4 Å². The third kappa shape index (κ3) is 40.7. The van der Waals surface area contributed by atoms with Gasteiger partial charge in [-0.2, -0.15) is 0 Å². The Morgan fingerprint density at radius 3 is 1.42 bits per heavy atom. The smallest absolute Gasteiger partial charge is 0.457 e. The first kappa shape index (κ1) is 52.2. The average molecular weight is 777 g/mol. The monoisotopic (exact) mass is 777 g/mol. The molecular weight excluding hydrogens is 691 g/mol. The highest BCUT2D eigenvalue weighted by atomic mass is 31.2. The summed E-state index contributed by atoms with van der Waals surface area (Å²) in [4.78, 5) is 22.5. The van der Waals surface area contributed by atoms with Crippen LogP contribution >= 0.6 is 7.82 Å². The number of hydrogen-bond donors (Lipinski definition) is 3. The molecule has 53 heavy (non-hydrogen) atoms. The molecule has 10 heteroatoms. The lowest BCUT2D eigenvalue weighted by Crippen LogP contribution is -2.29. The standard InChI is InChI=1S/C43H85O9P/c1-3-5-7-9-11-13-15-17-18-19-20-21-22-23-24-26-28-30-32-34-36-49-39-42(40-51-53(47,48)50-38-41(45)37-44)52-43(46)35-33-31-29-27-25-16-14-12-10-8-6-4-2/h17-18,41-42,44-45H,3-16,19-40H2,1-2H3,(H,47,48)/b18-17-. The van der Waals surface area contributed by atoms with Crippen LogP contribution in [0.3, 0.4) is 0 Å². The van der Waals surface area contributed by atoms with Gasteiger partial charge in [0.25, 0.3) is 0 Å². The molecule has 9 nitrogen and oxygen atoms in total. The molecule has 0 aromatic heterocycles. The van der Waals surface area contributed by atoms with Crippen LogP contribution in [-0.2, 0) is 27.9 Å². The molecule has 0 amide bonds. The van der Waals surface area contributed by atoms with Crippen molar-refractivity contribution in [3.05, 3.63) is 12.2 Å². The SMILES string of the molecule is CCCCCCCC/C=C\CCCCCCCCCCCCOCC(COP(=O)(O)OCC(O)CO)OC(=O)CCCCCCCCCCCCCC. The molecule has 0 aliphatic heterocycles. The van der Waals surface area contributed by atoms with Gasteiger partial charge in [-0.3, -0.25) is 13.8 Å². The molecule has 0 aromatic carbocycles. The Morgan fingerprint density at radius 1 is 0.566 bits per heavy atom. The molecule has 0 aromatic rings. The van der Waals surface area contributed by atoms with E-state index in [0.717, 1.165) is 38.5 Å². The van der Waals surface area contributed by atoms with Crippen molar-refractivity contribution >= 4 is 13.8 Å². The predicted molar refractivity (Wildman–Crippen MR) is 219 cm³/mol. The van der Waals surface area contributed by atoms with Crippen molar-refractivity contribution in [2.45, 2.75) is 225 Å². The Bertz CT molecular complexity index is 841. The van der Waals surface area contributed by atoms with E-state index in [1.165, 1.54) is 154 Å². The Morgan fingerprint density at radius 2 is 0.962 bits per heavy atom. The zero-order chi connectivity index (χ0) is 38.9. The van der Waals surface area contributed by atoms with Crippen LogP contribution in [0.1, 0.15) is 213 Å². The maximum absolute atomic E-state index is 12.6. The van der Waals surface area contributed by atoms with Gasteiger partial charge in [0.2, 0.25) is 0 Å². The largest absolute Gasteiger partial charge is 0.472 e. The second-order valence-corrected chi connectivity index (χ2v) is 16.5. The summed E-state index contributed by atoms with van der Waals surface area (Å²) in [6.45, 7) is 3.54. The van der Waals surface area contributed by atoms with Crippen LogP contribution in [0.15, 0.2) is 12.2 Å². The van der Waals surface area contributed by atoms with Crippen molar-refractivity contribution < 1.29 is 43.0 Å². The van der Waals surface area contributed by atoms with Crippen molar-refractivity contribution in [1.29, 1.82) is 0 Å². The number of aliphatic hydroxyl groups is 2. The van der Waals surface area contributed by atoms with E-state index in [1.54, 1.807) is 0 Å². The minimum atomic E-state index is -4.51. The molecule has 0 aliphatic rings. The van der Waals surface area contributed by atoms with Gasteiger partial charge >= 0.3 is 13.8 Å². The molecule has 0 spiro atoms. The van der Waals surface area contributed by atoms with Crippen molar-refractivity contribution in [3.8, 4) is 0 Å². The minimum absolute atomic E-state index is 0.0539. The second kappa shape index (κ2) is 40.9. The van der Waals surface area contributed by atoms with Crippen LogP contribution in [0.5, 0.6) is 0 Å². The Balaban J connectivity index is 4.08. The highest BCUT2D eigenvalue weighted by Crippen LogP contribution is 2.43. The Labute approximate surface area is 326 Å². The van der Waals surface area contributed by atoms with Gasteiger partial charge in [0.1, 0.15) is 12.2 Å². The fourth-order valence-electron chi connectivity index (χ4n) is 6.29. The molecule has 0 saturated carbocycles. The van der Waals surface area contributed by atoms with E-state index >= 15 is 0 Å². The van der Waals surface area contributed by atoms with E-state index in [1.807, 2.05) is 0 Å². The van der Waals surface area contributed by atoms with Crippen LogP contribution in [0, 0.1) is 0 Å². The predicted octanol–water partition coefficient (Wildman–Crippen LogP) is 12.1. The maximum Gasteiger partial charge on any atom is 0.472 e. The number of carbonyl (C=O) groups excluding carboxylic acids is 1. The van der Waals surface area contributed by atoms with Gasteiger partial charge in [-0.15, -0.1) is 0 Å². The number of unbranched alkanes of at least 4 members (excludes halogenated alkanes) is 27. The van der Waals surface area contributed by atoms with E-state index in [-0.39, 0.29) is 25.6 Å². The van der Waals surface area contributed by atoms with E-state index < -0.39 is 33.2 Å². The van der Waals surface area contributed by atoms with Crippen molar-refractivity contribution in [2.24, 2.45) is 0 Å². The number of ether oxygens (including phenoxy) is 2.